The molecule has 0 radical (unpaired) electrons. The summed E-state index contributed by atoms with van der Waals surface area (Å²) >= 11 is 1.58. The number of amides is 1. The van der Waals surface area contributed by atoms with Gasteiger partial charge in [0.25, 0.3) is 5.91 Å². The zero-order valence-electron chi connectivity index (χ0n) is 15.2. The van der Waals surface area contributed by atoms with Crippen LogP contribution in [0.3, 0.4) is 0 Å². The highest BCUT2D eigenvalue weighted by Crippen LogP contribution is 2.24. The van der Waals surface area contributed by atoms with Crippen LogP contribution >= 0.6 is 11.3 Å². The fourth-order valence-electron chi connectivity index (χ4n) is 2.63. The van der Waals surface area contributed by atoms with E-state index >= 15 is 0 Å². The number of aryl methyl sites for hydroxylation is 1. The number of hydrogen-bond donors (Lipinski definition) is 1. The van der Waals surface area contributed by atoms with Crippen LogP contribution in [0.2, 0.25) is 0 Å². The second-order valence-corrected chi connectivity index (χ2v) is 7.33. The maximum absolute atomic E-state index is 12.5. The number of ether oxygens (including phenoxy) is 1. The van der Waals surface area contributed by atoms with Crippen molar-refractivity contribution in [3.63, 3.8) is 0 Å². The molecule has 2 aromatic carbocycles. The SMILES string of the molecule is Cc1csc(COc2ccc(C(=O)Nc3ccccc3C(C)C)cc2)n1. The highest BCUT2D eigenvalue weighted by atomic mass is 32.1. The van der Waals surface area contributed by atoms with Gasteiger partial charge in [-0.25, -0.2) is 4.98 Å². The van der Waals surface area contributed by atoms with Crippen molar-refractivity contribution in [2.75, 3.05) is 5.32 Å². The number of aromatic nitrogens is 1. The predicted octanol–water partition coefficient (Wildman–Crippen LogP) is 5.41. The number of nitrogens with zero attached hydrogens (tertiary/aromatic N) is 1. The zero-order valence-corrected chi connectivity index (χ0v) is 16.0. The van der Waals surface area contributed by atoms with Crippen LogP contribution in [0.5, 0.6) is 5.75 Å². The van der Waals surface area contributed by atoms with Gasteiger partial charge in [0.15, 0.2) is 0 Å². The third-order valence-corrected chi connectivity index (χ3v) is 4.92. The molecule has 1 aromatic heterocycles. The van der Waals surface area contributed by atoms with Crippen molar-refractivity contribution in [3.05, 3.63) is 75.7 Å². The molecule has 3 aromatic rings. The summed E-state index contributed by atoms with van der Waals surface area (Å²) in [6, 6.07) is 15.1. The van der Waals surface area contributed by atoms with Crippen molar-refractivity contribution < 1.29 is 9.53 Å². The standard InChI is InChI=1S/C21H22N2O2S/c1-14(2)18-6-4-5-7-19(18)23-21(24)16-8-10-17(11-9-16)25-12-20-22-15(3)13-26-20/h4-11,13-14H,12H2,1-3H3,(H,23,24). The van der Waals surface area contributed by atoms with Crippen LogP contribution in [0, 0.1) is 6.92 Å². The number of anilines is 1. The Hall–Kier alpha value is -2.66. The third-order valence-electron chi connectivity index (χ3n) is 3.98. The van der Waals surface area contributed by atoms with E-state index in [0.717, 1.165) is 27.7 Å². The molecule has 0 spiro atoms. The lowest BCUT2D eigenvalue weighted by Gasteiger charge is -2.13. The van der Waals surface area contributed by atoms with Crippen molar-refractivity contribution in [3.8, 4) is 5.75 Å². The van der Waals surface area contributed by atoms with E-state index in [0.29, 0.717) is 18.1 Å². The van der Waals surface area contributed by atoms with Crippen molar-refractivity contribution in [2.45, 2.75) is 33.3 Å². The number of nitrogens with one attached hydrogen (secondary N) is 1. The van der Waals surface area contributed by atoms with E-state index in [9.17, 15) is 4.79 Å². The van der Waals surface area contributed by atoms with Gasteiger partial charge in [-0.2, -0.15) is 0 Å². The first kappa shape index (κ1) is 18.1. The van der Waals surface area contributed by atoms with Crippen molar-refractivity contribution in [1.29, 1.82) is 0 Å². The Labute approximate surface area is 157 Å². The third kappa shape index (κ3) is 4.49. The second kappa shape index (κ2) is 8.15. The summed E-state index contributed by atoms with van der Waals surface area (Å²) < 4.78 is 5.73. The van der Waals surface area contributed by atoms with Crippen LogP contribution < -0.4 is 10.1 Å². The van der Waals surface area contributed by atoms with Crippen molar-refractivity contribution in [1.82, 2.24) is 4.98 Å². The normalized spacial score (nSPS) is 10.8. The first-order chi connectivity index (χ1) is 12.5. The molecule has 0 fully saturated rings. The average Bonchev–Trinajstić information content (AvgIpc) is 3.06. The number of carbonyl (C=O) groups is 1. The highest BCUT2D eigenvalue weighted by molar-refractivity contribution is 7.09. The summed E-state index contributed by atoms with van der Waals surface area (Å²) in [4.78, 5) is 16.9. The minimum atomic E-state index is -0.125. The molecule has 0 atom stereocenters. The first-order valence-electron chi connectivity index (χ1n) is 8.57. The highest BCUT2D eigenvalue weighted by Gasteiger charge is 2.11. The number of hydrogen-bond acceptors (Lipinski definition) is 4. The molecule has 26 heavy (non-hydrogen) atoms. The molecular formula is C21H22N2O2S. The number of para-hydroxylation sites is 1. The molecule has 1 heterocycles. The summed E-state index contributed by atoms with van der Waals surface area (Å²) in [5.74, 6) is 0.939. The topological polar surface area (TPSA) is 51.2 Å². The Bertz CT molecular complexity index is 885. The Morgan fingerprint density at radius 3 is 2.54 bits per heavy atom. The Morgan fingerprint density at radius 1 is 1.15 bits per heavy atom. The van der Waals surface area contributed by atoms with Crippen LogP contribution in [-0.4, -0.2) is 10.9 Å². The van der Waals surface area contributed by atoms with Crippen molar-refractivity contribution >= 4 is 22.9 Å². The lowest BCUT2D eigenvalue weighted by molar-refractivity contribution is 0.102. The largest absolute Gasteiger partial charge is 0.486 e. The number of rotatable bonds is 6. The van der Waals surface area contributed by atoms with Gasteiger partial charge < -0.3 is 10.1 Å². The maximum atomic E-state index is 12.5. The van der Waals surface area contributed by atoms with Gasteiger partial charge in [0.1, 0.15) is 17.4 Å². The summed E-state index contributed by atoms with van der Waals surface area (Å²) in [7, 11) is 0. The van der Waals surface area contributed by atoms with Crippen LogP contribution in [0.15, 0.2) is 53.9 Å². The molecule has 3 rings (SSSR count). The van der Waals surface area contributed by atoms with E-state index in [-0.39, 0.29) is 5.91 Å². The lowest BCUT2D eigenvalue weighted by atomic mass is 10.0. The minimum Gasteiger partial charge on any atom is -0.486 e. The zero-order chi connectivity index (χ0) is 18.5. The van der Waals surface area contributed by atoms with Crippen LogP contribution in [0.25, 0.3) is 0 Å². The van der Waals surface area contributed by atoms with E-state index in [4.69, 9.17) is 4.74 Å². The Kier molecular flexibility index (Phi) is 5.68. The first-order valence-corrected chi connectivity index (χ1v) is 9.45. The summed E-state index contributed by atoms with van der Waals surface area (Å²) in [6.07, 6.45) is 0. The Balaban J connectivity index is 1.64. The fraction of sp³-hybridized carbons (Fsp3) is 0.238. The summed E-state index contributed by atoms with van der Waals surface area (Å²) in [5, 5.41) is 5.94. The monoisotopic (exact) mass is 366 g/mol. The molecule has 0 saturated heterocycles. The maximum Gasteiger partial charge on any atom is 0.255 e. The van der Waals surface area contributed by atoms with Gasteiger partial charge in [0, 0.05) is 22.3 Å². The van der Waals surface area contributed by atoms with E-state index in [1.54, 1.807) is 23.5 Å². The molecule has 0 saturated carbocycles. The van der Waals surface area contributed by atoms with Gasteiger partial charge in [-0.05, 0) is 48.7 Å². The quantitative estimate of drug-likeness (QED) is 0.635. The Morgan fingerprint density at radius 2 is 1.88 bits per heavy atom. The molecule has 1 N–H and O–H groups in total. The number of thiazole rings is 1. The van der Waals surface area contributed by atoms with E-state index in [2.05, 4.69) is 24.1 Å². The van der Waals surface area contributed by atoms with Gasteiger partial charge in [-0.3, -0.25) is 4.79 Å². The average molecular weight is 366 g/mol. The van der Waals surface area contributed by atoms with Gasteiger partial charge in [-0.15, -0.1) is 11.3 Å². The second-order valence-electron chi connectivity index (χ2n) is 6.39. The van der Waals surface area contributed by atoms with E-state index in [1.807, 2.05) is 48.7 Å². The molecule has 5 heteroatoms. The van der Waals surface area contributed by atoms with Crippen molar-refractivity contribution in [2.24, 2.45) is 0 Å². The smallest absolute Gasteiger partial charge is 0.255 e. The molecule has 0 aliphatic rings. The van der Waals surface area contributed by atoms with Gasteiger partial charge in [0.2, 0.25) is 0 Å². The van der Waals surface area contributed by atoms with Gasteiger partial charge in [0.05, 0.1) is 0 Å². The van der Waals surface area contributed by atoms with Gasteiger partial charge in [-0.1, -0.05) is 32.0 Å². The summed E-state index contributed by atoms with van der Waals surface area (Å²) in [6.45, 7) is 6.62. The number of benzene rings is 2. The molecule has 0 unspecified atom stereocenters. The molecule has 1 amide bonds. The molecule has 0 bridgehead atoms. The fourth-order valence-corrected chi connectivity index (χ4v) is 3.31. The molecular weight excluding hydrogens is 344 g/mol. The minimum absolute atomic E-state index is 0.125. The molecule has 0 aliphatic carbocycles. The van der Waals surface area contributed by atoms with Crippen LogP contribution in [0.1, 0.15) is 46.4 Å². The molecule has 0 aliphatic heterocycles. The van der Waals surface area contributed by atoms with E-state index < -0.39 is 0 Å². The van der Waals surface area contributed by atoms with E-state index in [1.165, 1.54) is 0 Å². The van der Waals surface area contributed by atoms with Gasteiger partial charge >= 0.3 is 0 Å². The van der Waals surface area contributed by atoms with Crippen LogP contribution in [-0.2, 0) is 6.61 Å². The molecule has 4 nitrogen and oxygen atoms in total. The lowest BCUT2D eigenvalue weighted by Crippen LogP contribution is -2.13. The molecule has 134 valence electrons. The number of carbonyl (C=O) groups excluding carboxylic acids is 1. The predicted molar refractivity (Wildman–Crippen MR) is 106 cm³/mol. The summed E-state index contributed by atoms with van der Waals surface area (Å²) in [5.41, 5.74) is 3.58. The van der Waals surface area contributed by atoms with Crippen LogP contribution in [0.4, 0.5) is 5.69 Å².